The lowest BCUT2D eigenvalue weighted by Gasteiger charge is -2.19. The monoisotopic (exact) mass is 311 g/mol. The third-order valence-electron chi connectivity index (χ3n) is 2.83. The minimum absolute atomic E-state index is 0.196. The zero-order valence-corrected chi connectivity index (χ0v) is 13.7. The minimum Gasteiger partial charge on any atom is -0.460 e. The van der Waals surface area contributed by atoms with Crippen molar-refractivity contribution in [3.05, 3.63) is 28.4 Å². The van der Waals surface area contributed by atoms with Gasteiger partial charge in [-0.05, 0) is 56.4 Å². The highest BCUT2D eigenvalue weighted by Crippen LogP contribution is 2.30. The Labute approximate surface area is 128 Å². The molecule has 0 fully saturated rings. The lowest BCUT2D eigenvalue weighted by molar-refractivity contribution is -0.153. The first kappa shape index (κ1) is 15.3. The molecule has 0 aliphatic carbocycles. The Balaban J connectivity index is 2.29. The molecule has 1 aromatic heterocycles. The van der Waals surface area contributed by atoms with Crippen molar-refractivity contribution in [2.24, 2.45) is 0 Å². The fourth-order valence-electron chi connectivity index (χ4n) is 1.97. The van der Waals surface area contributed by atoms with E-state index in [0.717, 1.165) is 32.8 Å². The third kappa shape index (κ3) is 3.49. The van der Waals surface area contributed by atoms with E-state index in [-0.39, 0.29) is 12.4 Å². The SMILES string of the molecule is CCc1cc2c(CC(=O)OC(C)(C)C)nsc2cc1Cl. The summed E-state index contributed by atoms with van der Waals surface area (Å²) in [5.41, 5.74) is 1.37. The summed E-state index contributed by atoms with van der Waals surface area (Å²) in [5.74, 6) is -0.252. The van der Waals surface area contributed by atoms with Gasteiger partial charge in [-0.25, -0.2) is 0 Å². The fraction of sp³-hybridized carbons (Fsp3) is 0.467. The Morgan fingerprint density at radius 1 is 1.40 bits per heavy atom. The van der Waals surface area contributed by atoms with Gasteiger partial charge in [0.05, 0.1) is 16.8 Å². The summed E-state index contributed by atoms with van der Waals surface area (Å²) < 4.78 is 10.7. The van der Waals surface area contributed by atoms with Crippen molar-refractivity contribution in [1.29, 1.82) is 0 Å². The van der Waals surface area contributed by atoms with Crippen molar-refractivity contribution in [2.75, 3.05) is 0 Å². The van der Waals surface area contributed by atoms with E-state index in [0.29, 0.717) is 0 Å². The zero-order chi connectivity index (χ0) is 14.9. The van der Waals surface area contributed by atoms with Crippen molar-refractivity contribution in [3.63, 3.8) is 0 Å². The van der Waals surface area contributed by atoms with E-state index in [1.165, 1.54) is 11.5 Å². The van der Waals surface area contributed by atoms with Gasteiger partial charge in [-0.15, -0.1) is 0 Å². The van der Waals surface area contributed by atoms with Crippen molar-refractivity contribution in [1.82, 2.24) is 4.37 Å². The predicted octanol–water partition coefficient (Wildman–Crippen LogP) is 4.40. The van der Waals surface area contributed by atoms with E-state index >= 15 is 0 Å². The molecule has 0 saturated heterocycles. The number of halogens is 1. The molecule has 2 aromatic rings. The van der Waals surface area contributed by atoms with Gasteiger partial charge >= 0.3 is 5.97 Å². The van der Waals surface area contributed by atoms with Crippen LogP contribution in [0.1, 0.15) is 39.0 Å². The second kappa shape index (κ2) is 5.70. The van der Waals surface area contributed by atoms with Crippen LogP contribution >= 0.6 is 23.1 Å². The van der Waals surface area contributed by atoms with Gasteiger partial charge in [-0.2, -0.15) is 4.37 Å². The number of hydrogen-bond donors (Lipinski definition) is 0. The largest absolute Gasteiger partial charge is 0.460 e. The van der Waals surface area contributed by atoms with Gasteiger partial charge < -0.3 is 4.74 Å². The first-order valence-corrected chi connectivity index (χ1v) is 7.74. The molecule has 0 saturated carbocycles. The van der Waals surface area contributed by atoms with Crippen LogP contribution in [0.15, 0.2) is 12.1 Å². The maximum Gasteiger partial charge on any atom is 0.312 e. The minimum atomic E-state index is -0.471. The van der Waals surface area contributed by atoms with E-state index in [1.807, 2.05) is 32.9 Å². The molecule has 3 nitrogen and oxygen atoms in total. The van der Waals surface area contributed by atoms with Crippen LogP contribution in [0.5, 0.6) is 0 Å². The number of aromatic nitrogens is 1. The summed E-state index contributed by atoms with van der Waals surface area (Å²) in [4.78, 5) is 11.9. The van der Waals surface area contributed by atoms with Crippen molar-refractivity contribution in [2.45, 2.75) is 46.1 Å². The second-order valence-electron chi connectivity index (χ2n) is 5.69. The molecule has 5 heteroatoms. The standard InChI is InChI=1S/C15H18ClNO2S/c1-5-9-6-10-12(8-14(18)19-15(2,3)4)17-20-13(10)7-11(9)16/h6-7H,5,8H2,1-4H3. The summed E-state index contributed by atoms with van der Waals surface area (Å²) in [6.07, 6.45) is 1.05. The average molecular weight is 312 g/mol. The molecule has 20 heavy (non-hydrogen) atoms. The van der Waals surface area contributed by atoms with E-state index in [2.05, 4.69) is 11.3 Å². The average Bonchev–Trinajstić information content (AvgIpc) is 2.68. The lowest BCUT2D eigenvalue weighted by Crippen LogP contribution is -2.25. The third-order valence-corrected chi connectivity index (χ3v) is 4.02. The highest BCUT2D eigenvalue weighted by atomic mass is 35.5. The molecule has 0 unspecified atom stereocenters. The Kier molecular flexibility index (Phi) is 4.35. The molecule has 0 radical (unpaired) electrons. The first-order valence-electron chi connectivity index (χ1n) is 6.58. The molecule has 0 N–H and O–H groups in total. The fourth-order valence-corrected chi connectivity index (χ4v) is 3.15. The van der Waals surface area contributed by atoms with Gasteiger partial charge in [0.1, 0.15) is 5.60 Å². The molecule has 108 valence electrons. The number of aryl methyl sites for hydroxylation is 1. The van der Waals surface area contributed by atoms with Crippen molar-refractivity contribution in [3.8, 4) is 0 Å². The van der Waals surface area contributed by atoms with Crippen LogP contribution in [0.3, 0.4) is 0 Å². The van der Waals surface area contributed by atoms with E-state index < -0.39 is 5.60 Å². The van der Waals surface area contributed by atoms with Gasteiger partial charge in [-0.3, -0.25) is 4.79 Å². The molecular weight excluding hydrogens is 294 g/mol. The van der Waals surface area contributed by atoms with Crippen LogP contribution in [0.25, 0.3) is 10.1 Å². The van der Waals surface area contributed by atoms with E-state index in [1.54, 1.807) is 0 Å². The normalized spacial score (nSPS) is 11.8. The summed E-state index contributed by atoms with van der Waals surface area (Å²) in [5, 5.41) is 1.76. The topological polar surface area (TPSA) is 39.2 Å². The van der Waals surface area contributed by atoms with Crippen LogP contribution in [0.4, 0.5) is 0 Å². The van der Waals surface area contributed by atoms with Crippen LogP contribution in [-0.4, -0.2) is 15.9 Å². The number of nitrogens with zero attached hydrogens (tertiary/aromatic N) is 1. The Hall–Kier alpha value is -1.13. The Bertz CT molecular complexity index is 643. The quantitative estimate of drug-likeness (QED) is 0.789. The number of hydrogen-bond acceptors (Lipinski definition) is 4. The molecule has 1 heterocycles. The number of rotatable bonds is 3. The van der Waals surface area contributed by atoms with E-state index in [4.69, 9.17) is 16.3 Å². The maximum absolute atomic E-state index is 11.9. The van der Waals surface area contributed by atoms with Crippen LogP contribution < -0.4 is 0 Å². The molecule has 0 bridgehead atoms. The number of ether oxygens (including phenoxy) is 1. The second-order valence-corrected chi connectivity index (χ2v) is 6.90. The molecule has 0 aliphatic rings. The first-order chi connectivity index (χ1) is 9.30. The maximum atomic E-state index is 11.9. The van der Waals surface area contributed by atoms with Crippen molar-refractivity contribution < 1.29 is 9.53 Å². The number of fused-ring (bicyclic) bond motifs is 1. The summed E-state index contributed by atoms with van der Waals surface area (Å²) in [6.45, 7) is 7.64. The number of carbonyl (C=O) groups excluding carboxylic acids is 1. The van der Waals surface area contributed by atoms with Gasteiger partial charge in [0, 0.05) is 10.4 Å². The molecular formula is C15H18ClNO2S. The molecule has 1 aromatic carbocycles. The lowest BCUT2D eigenvalue weighted by atomic mass is 10.1. The summed E-state index contributed by atoms with van der Waals surface area (Å²) >= 11 is 7.56. The van der Waals surface area contributed by atoms with Crippen LogP contribution in [-0.2, 0) is 22.4 Å². The summed E-state index contributed by atoms with van der Waals surface area (Å²) in [6, 6.07) is 3.95. The Morgan fingerprint density at radius 2 is 2.10 bits per heavy atom. The van der Waals surface area contributed by atoms with Crippen molar-refractivity contribution >= 4 is 39.2 Å². The highest BCUT2D eigenvalue weighted by molar-refractivity contribution is 7.13. The smallest absolute Gasteiger partial charge is 0.312 e. The van der Waals surface area contributed by atoms with Gasteiger partial charge in [-0.1, -0.05) is 18.5 Å². The van der Waals surface area contributed by atoms with Gasteiger partial charge in [0.2, 0.25) is 0 Å². The zero-order valence-electron chi connectivity index (χ0n) is 12.1. The number of benzene rings is 1. The Morgan fingerprint density at radius 3 is 2.70 bits per heavy atom. The molecule has 0 aliphatic heterocycles. The highest BCUT2D eigenvalue weighted by Gasteiger charge is 2.19. The molecule has 0 atom stereocenters. The molecule has 0 spiro atoms. The number of esters is 1. The molecule has 2 rings (SSSR count). The number of carbonyl (C=O) groups is 1. The van der Waals surface area contributed by atoms with Crippen LogP contribution in [0, 0.1) is 0 Å². The molecule has 0 amide bonds. The summed E-state index contributed by atoms with van der Waals surface area (Å²) in [7, 11) is 0. The van der Waals surface area contributed by atoms with Gasteiger partial charge in [0.25, 0.3) is 0 Å². The van der Waals surface area contributed by atoms with Crippen LogP contribution in [0.2, 0.25) is 5.02 Å². The van der Waals surface area contributed by atoms with Gasteiger partial charge in [0.15, 0.2) is 0 Å². The van der Waals surface area contributed by atoms with E-state index in [9.17, 15) is 4.79 Å². The predicted molar refractivity (Wildman–Crippen MR) is 83.6 cm³/mol.